The second-order valence-electron chi connectivity index (χ2n) is 10.7. The van der Waals surface area contributed by atoms with Gasteiger partial charge in [-0.1, -0.05) is 32.0 Å². The van der Waals surface area contributed by atoms with E-state index in [1.807, 2.05) is 24.3 Å². The molecule has 2 aromatic heterocycles. The van der Waals surface area contributed by atoms with E-state index in [1.165, 1.54) is 12.3 Å². The molecule has 2 bridgehead atoms. The van der Waals surface area contributed by atoms with E-state index < -0.39 is 28.7 Å². The van der Waals surface area contributed by atoms with Crippen molar-refractivity contribution in [2.75, 3.05) is 0 Å². The maximum Gasteiger partial charge on any atom is 0.477 e. The Morgan fingerprint density at radius 3 is 2.76 bits per heavy atom. The van der Waals surface area contributed by atoms with Gasteiger partial charge in [0.05, 0.1) is 23.9 Å². The quantitative estimate of drug-likeness (QED) is 0.537. The summed E-state index contributed by atoms with van der Waals surface area (Å²) in [5.74, 6) is 0.370. The Morgan fingerprint density at radius 2 is 2.00 bits per heavy atom. The van der Waals surface area contributed by atoms with Gasteiger partial charge in [0, 0.05) is 17.8 Å². The third kappa shape index (κ3) is 3.36. The van der Waals surface area contributed by atoms with E-state index in [9.17, 15) is 8.42 Å². The lowest BCUT2D eigenvalue weighted by Crippen LogP contribution is -2.65. The van der Waals surface area contributed by atoms with Gasteiger partial charge in [0.25, 0.3) is 0 Å². The van der Waals surface area contributed by atoms with Crippen LogP contribution in [0.1, 0.15) is 39.2 Å². The van der Waals surface area contributed by atoms with Gasteiger partial charge >= 0.3 is 7.12 Å². The SMILES string of the molecule is CC1(C)[C@@H]2C[C@H]3OB([C@H](Cc4coc5ccccc45)NS(=O)(=O)c4cccnc4)O[C@@]3(C)[C@H]1C2. The van der Waals surface area contributed by atoms with Gasteiger partial charge in [0.1, 0.15) is 10.5 Å². The van der Waals surface area contributed by atoms with Gasteiger partial charge in [-0.2, -0.15) is 0 Å². The van der Waals surface area contributed by atoms with Gasteiger partial charge in [-0.15, -0.1) is 0 Å². The number of rotatable bonds is 6. The minimum Gasteiger partial charge on any atom is -0.464 e. The molecule has 3 saturated carbocycles. The van der Waals surface area contributed by atoms with Crippen LogP contribution in [0.5, 0.6) is 0 Å². The second kappa shape index (κ2) is 7.65. The average molecular weight is 480 g/mol. The van der Waals surface area contributed by atoms with Crippen LogP contribution in [-0.4, -0.2) is 38.2 Å². The van der Waals surface area contributed by atoms with Gasteiger partial charge in [-0.25, -0.2) is 13.1 Å². The molecule has 0 amide bonds. The topological polar surface area (TPSA) is 90.7 Å². The van der Waals surface area contributed by atoms with Crippen LogP contribution in [0.15, 0.2) is 64.4 Å². The number of hydrogen-bond donors (Lipinski definition) is 1. The molecule has 0 spiro atoms. The molecular formula is C25H29BN2O5S. The van der Waals surface area contributed by atoms with Crippen molar-refractivity contribution < 1.29 is 22.1 Å². The molecule has 1 N–H and O–H groups in total. The summed E-state index contributed by atoms with van der Waals surface area (Å²) in [5.41, 5.74) is 1.45. The van der Waals surface area contributed by atoms with E-state index in [-0.39, 0.29) is 16.4 Å². The number of nitrogens with one attached hydrogen (secondary N) is 1. The summed E-state index contributed by atoms with van der Waals surface area (Å²) in [6.07, 6.45) is 7.00. The highest BCUT2D eigenvalue weighted by Gasteiger charge is 2.68. The van der Waals surface area contributed by atoms with Crippen molar-refractivity contribution in [3.05, 3.63) is 60.6 Å². The summed E-state index contributed by atoms with van der Waals surface area (Å²) in [7, 11) is -4.54. The molecule has 9 heteroatoms. The molecule has 4 fully saturated rings. The maximum absolute atomic E-state index is 13.3. The van der Waals surface area contributed by atoms with E-state index in [1.54, 1.807) is 18.5 Å². The van der Waals surface area contributed by atoms with Crippen LogP contribution in [0.2, 0.25) is 0 Å². The minimum atomic E-state index is -3.84. The molecule has 1 saturated heterocycles. The van der Waals surface area contributed by atoms with E-state index in [0.717, 1.165) is 29.4 Å². The fraction of sp³-hybridized carbons (Fsp3) is 0.480. The van der Waals surface area contributed by atoms with Crippen molar-refractivity contribution >= 4 is 28.1 Å². The number of fused-ring (bicyclic) bond motifs is 1. The normalized spacial score (nSPS) is 30.7. The molecule has 5 atom stereocenters. The van der Waals surface area contributed by atoms with Crippen molar-refractivity contribution in [3.63, 3.8) is 0 Å². The Balaban J connectivity index is 1.33. The lowest BCUT2D eigenvalue weighted by Gasteiger charge is -2.64. The van der Waals surface area contributed by atoms with Crippen LogP contribution in [-0.2, 0) is 25.8 Å². The summed E-state index contributed by atoms with van der Waals surface area (Å²) in [6.45, 7) is 6.76. The molecule has 7 rings (SSSR count). The number of sulfonamides is 1. The molecule has 0 unspecified atom stereocenters. The van der Waals surface area contributed by atoms with Crippen LogP contribution in [0.4, 0.5) is 0 Å². The third-order valence-corrected chi connectivity index (χ3v) is 10.0. The number of benzene rings is 1. The van der Waals surface area contributed by atoms with Crippen molar-refractivity contribution in [3.8, 4) is 0 Å². The molecular weight excluding hydrogens is 451 g/mol. The molecule has 4 aliphatic rings. The van der Waals surface area contributed by atoms with Gasteiger partial charge < -0.3 is 13.7 Å². The van der Waals surface area contributed by atoms with Crippen LogP contribution in [0.25, 0.3) is 11.0 Å². The summed E-state index contributed by atoms with van der Waals surface area (Å²) in [6, 6.07) is 10.9. The van der Waals surface area contributed by atoms with Crippen molar-refractivity contribution in [2.45, 2.75) is 62.6 Å². The molecule has 1 aliphatic heterocycles. The van der Waals surface area contributed by atoms with E-state index in [2.05, 4.69) is 30.5 Å². The minimum absolute atomic E-state index is 0.0410. The molecule has 34 heavy (non-hydrogen) atoms. The third-order valence-electron chi connectivity index (χ3n) is 8.55. The predicted molar refractivity (Wildman–Crippen MR) is 128 cm³/mol. The fourth-order valence-corrected chi connectivity index (χ4v) is 7.65. The second-order valence-corrected chi connectivity index (χ2v) is 12.4. The van der Waals surface area contributed by atoms with Crippen LogP contribution in [0.3, 0.4) is 0 Å². The number of hydrogen-bond acceptors (Lipinski definition) is 6. The lowest BCUT2D eigenvalue weighted by molar-refractivity contribution is -0.199. The average Bonchev–Trinajstić information content (AvgIpc) is 3.39. The first-order valence-corrected chi connectivity index (χ1v) is 13.4. The van der Waals surface area contributed by atoms with Crippen LogP contribution >= 0.6 is 0 Å². The number of furan rings is 1. The molecule has 7 nitrogen and oxygen atoms in total. The first kappa shape index (κ1) is 22.3. The first-order valence-electron chi connectivity index (χ1n) is 11.9. The highest BCUT2D eigenvalue weighted by molar-refractivity contribution is 7.89. The van der Waals surface area contributed by atoms with Gasteiger partial charge in [0.15, 0.2) is 0 Å². The highest BCUT2D eigenvalue weighted by atomic mass is 32.2. The van der Waals surface area contributed by atoms with E-state index in [0.29, 0.717) is 18.3 Å². The van der Waals surface area contributed by atoms with Crippen molar-refractivity contribution in [1.82, 2.24) is 9.71 Å². The number of nitrogens with zero attached hydrogens (tertiary/aromatic N) is 1. The monoisotopic (exact) mass is 480 g/mol. The van der Waals surface area contributed by atoms with Crippen molar-refractivity contribution in [2.24, 2.45) is 17.3 Å². The molecule has 3 heterocycles. The van der Waals surface area contributed by atoms with Gasteiger partial charge in [-0.3, -0.25) is 4.98 Å². The number of para-hydroxylation sites is 1. The molecule has 1 aromatic carbocycles. The zero-order valence-corrected chi connectivity index (χ0v) is 20.4. The smallest absolute Gasteiger partial charge is 0.464 e. The Kier molecular flexibility index (Phi) is 5.01. The zero-order chi connectivity index (χ0) is 23.7. The Labute approximate surface area is 200 Å². The van der Waals surface area contributed by atoms with E-state index >= 15 is 0 Å². The standard InChI is InChI=1S/C25H29BN2O5S/c1-24(2)17-12-21(24)25(3)22(13-17)32-26(33-25)23(28-34(29,30)18-7-6-10-27-14-18)11-16-15-31-20-9-5-4-8-19(16)20/h4-10,14-15,17,21-23,28H,11-13H2,1-3H3/t17-,21-,22+,23-,25-/m0/s1. The Morgan fingerprint density at radius 1 is 1.18 bits per heavy atom. The number of pyridine rings is 1. The molecule has 0 radical (unpaired) electrons. The lowest BCUT2D eigenvalue weighted by atomic mass is 9.43. The maximum atomic E-state index is 13.3. The summed E-state index contributed by atoms with van der Waals surface area (Å²) < 4.78 is 48.3. The predicted octanol–water partition coefficient (Wildman–Crippen LogP) is 3.98. The highest BCUT2D eigenvalue weighted by Crippen LogP contribution is 2.65. The summed E-state index contributed by atoms with van der Waals surface area (Å²) in [5, 5.41) is 0.957. The summed E-state index contributed by atoms with van der Waals surface area (Å²) in [4.78, 5) is 4.09. The Hall–Kier alpha value is -2.20. The number of aromatic nitrogens is 1. The fourth-order valence-electron chi connectivity index (χ4n) is 6.47. The molecule has 3 aromatic rings. The Bertz CT molecular complexity index is 1330. The van der Waals surface area contributed by atoms with Crippen molar-refractivity contribution in [1.29, 1.82) is 0 Å². The van der Waals surface area contributed by atoms with Crippen LogP contribution < -0.4 is 4.72 Å². The zero-order valence-electron chi connectivity index (χ0n) is 19.6. The van der Waals surface area contributed by atoms with Gasteiger partial charge in [0.2, 0.25) is 10.0 Å². The van der Waals surface area contributed by atoms with Crippen LogP contribution in [0, 0.1) is 17.3 Å². The van der Waals surface area contributed by atoms with Gasteiger partial charge in [-0.05, 0) is 67.2 Å². The first-order chi connectivity index (χ1) is 16.2. The largest absolute Gasteiger partial charge is 0.477 e. The summed E-state index contributed by atoms with van der Waals surface area (Å²) >= 11 is 0. The molecule has 3 aliphatic carbocycles. The van der Waals surface area contributed by atoms with E-state index in [4.69, 9.17) is 13.7 Å². The molecule has 178 valence electrons.